The first-order chi connectivity index (χ1) is 23.4. The van der Waals surface area contributed by atoms with Crippen LogP contribution in [0.5, 0.6) is 5.88 Å². The van der Waals surface area contributed by atoms with E-state index in [1.807, 2.05) is 60.7 Å². The van der Waals surface area contributed by atoms with Crippen molar-refractivity contribution in [3.8, 4) is 39.4 Å². The Morgan fingerprint density at radius 3 is 2.54 bits per heavy atom. The molecule has 246 valence electrons. The number of aliphatic hydroxyl groups is 1. The van der Waals surface area contributed by atoms with Crippen molar-refractivity contribution in [2.45, 2.75) is 32.0 Å². The van der Waals surface area contributed by atoms with Gasteiger partial charge in [-0.15, -0.1) is 0 Å². The molecule has 0 aliphatic carbocycles. The number of benzene rings is 2. The largest absolute Gasteiger partial charge is 0.476 e. The van der Waals surface area contributed by atoms with E-state index in [-0.39, 0.29) is 24.1 Å². The summed E-state index contributed by atoms with van der Waals surface area (Å²) < 4.78 is 7.49. The average Bonchev–Trinajstić information content (AvgIpc) is 3.40. The highest BCUT2D eigenvalue weighted by Gasteiger charge is 2.21. The highest BCUT2D eigenvalue weighted by molar-refractivity contribution is 6.39. The number of halogens is 2. The van der Waals surface area contributed by atoms with Crippen molar-refractivity contribution in [3.05, 3.63) is 105 Å². The first kappa shape index (κ1) is 32.2. The maximum atomic E-state index is 13.2. The Hall–Kier alpha value is -4.32. The third-order valence-corrected chi connectivity index (χ3v) is 9.66. The van der Waals surface area contributed by atoms with Gasteiger partial charge in [-0.2, -0.15) is 0 Å². The number of carbonyl (C=O) groups is 1. The monoisotopic (exact) mass is 684 g/mol. The summed E-state index contributed by atoms with van der Waals surface area (Å²) in [5.41, 5.74) is 6.40. The van der Waals surface area contributed by atoms with E-state index in [4.69, 9.17) is 32.9 Å². The quantitative estimate of drug-likeness (QED) is 0.200. The number of β-amino-alcohol motifs (C(OH)–C–C–N with tert-alkyl or cyclic N) is 1. The predicted octanol–water partition coefficient (Wildman–Crippen LogP) is 4.95. The normalized spacial score (nSPS) is 16.4. The summed E-state index contributed by atoms with van der Waals surface area (Å²) in [6.45, 7) is 3.47. The fourth-order valence-corrected chi connectivity index (χ4v) is 6.96. The van der Waals surface area contributed by atoms with Gasteiger partial charge in [0, 0.05) is 91.0 Å². The van der Waals surface area contributed by atoms with Crippen LogP contribution < -0.4 is 20.9 Å². The van der Waals surface area contributed by atoms with E-state index in [1.54, 1.807) is 12.4 Å². The summed E-state index contributed by atoms with van der Waals surface area (Å²) in [6, 6.07) is 19.3. The van der Waals surface area contributed by atoms with Gasteiger partial charge in [0.1, 0.15) is 12.3 Å². The number of hydrogen-bond donors (Lipinski definition) is 3. The van der Waals surface area contributed by atoms with Crippen molar-refractivity contribution in [1.82, 2.24) is 29.9 Å². The number of pyridine rings is 2. The van der Waals surface area contributed by atoms with E-state index < -0.39 is 0 Å². The van der Waals surface area contributed by atoms with E-state index in [0.29, 0.717) is 78.6 Å². The number of amides is 1. The molecule has 7 rings (SSSR count). The van der Waals surface area contributed by atoms with Crippen LogP contribution >= 0.6 is 23.2 Å². The standard InChI is InChI=1S/C36H34Cl2N6O4/c37-33-26(22-11-12-44-31(17-22)40-19-24(36(44)47)18-39-20-25-8-10-32(46)41-25)3-1-4-27(33)28-5-2-6-29(34(28)38)30-9-7-23-21-43(13-15-45)14-16-48-35(23)42-30/h1-7,9,11-12,17,19,25,39,45H,8,10,13-16,18,20-21H2,(H,41,46). The van der Waals surface area contributed by atoms with Gasteiger partial charge in [-0.05, 0) is 30.2 Å². The second-order valence-electron chi connectivity index (χ2n) is 12.0. The molecule has 3 N–H and O–H groups in total. The molecule has 5 heterocycles. The molecule has 1 unspecified atom stereocenters. The van der Waals surface area contributed by atoms with Gasteiger partial charge in [-0.3, -0.25) is 18.9 Å². The zero-order valence-electron chi connectivity index (χ0n) is 26.1. The van der Waals surface area contributed by atoms with Gasteiger partial charge < -0.3 is 20.5 Å². The summed E-state index contributed by atoms with van der Waals surface area (Å²) in [5, 5.41) is 16.6. The first-order valence-electron chi connectivity index (χ1n) is 15.9. The number of nitrogens with one attached hydrogen (secondary N) is 2. The molecule has 5 aromatic rings. The molecular formula is C36H34Cl2N6O4. The summed E-state index contributed by atoms with van der Waals surface area (Å²) in [4.78, 5) is 36.2. The molecule has 1 atom stereocenters. The number of carbonyl (C=O) groups excluding carboxylic acids is 1. The summed E-state index contributed by atoms with van der Waals surface area (Å²) >= 11 is 14.2. The van der Waals surface area contributed by atoms with E-state index >= 15 is 0 Å². The van der Waals surface area contributed by atoms with Gasteiger partial charge in [0.15, 0.2) is 0 Å². The Balaban J connectivity index is 1.15. The average molecular weight is 686 g/mol. The molecule has 0 bridgehead atoms. The second kappa shape index (κ2) is 14.0. The predicted molar refractivity (Wildman–Crippen MR) is 186 cm³/mol. The van der Waals surface area contributed by atoms with Crippen molar-refractivity contribution in [3.63, 3.8) is 0 Å². The molecule has 2 aliphatic rings. The highest BCUT2D eigenvalue weighted by atomic mass is 35.5. The highest BCUT2D eigenvalue weighted by Crippen LogP contribution is 2.42. The smallest absolute Gasteiger partial charge is 0.262 e. The SMILES string of the molecule is O=C1CCC(CNCc2cnc3cc(-c4cccc(-c5cccc(-c6ccc7c(n6)OCCN(CCO)C7)c5Cl)c4Cl)ccn3c2=O)N1. The lowest BCUT2D eigenvalue weighted by atomic mass is 9.97. The molecule has 12 heteroatoms. The minimum Gasteiger partial charge on any atom is -0.476 e. The molecule has 3 aromatic heterocycles. The minimum atomic E-state index is -0.155. The Bertz CT molecular complexity index is 2070. The van der Waals surface area contributed by atoms with Crippen LogP contribution in [0.4, 0.5) is 0 Å². The minimum absolute atomic E-state index is 0.0637. The molecule has 0 spiro atoms. The zero-order chi connectivity index (χ0) is 33.2. The van der Waals surface area contributed by atoms with Gasteiger partial charge in [0.05, 0.1) is 22.3 Å². The van der Waals surface area contributed by atoms with Crippen LogP contribution in [0.1, 0.15) is 24.0 Å². The molecule has 1 fully saturated rings. The van der Waals surface area contributed by atoms with Gasteiger partial charge in [-0.25, -0.2) is 9.97 Å². The molecule has 48 heavy (non-hydrogen) atoms. The Labute approximate surface area is 287 Å². The number of aromatic nitrogens is 3. The first-order valence-corrected chi connectivity index (χ1v) is 16.7. The molecule has 2 aromatic carbocycles. The van der Waals surface area contributed by atoms with Crippen molar-refractivity contribution < 1.29 is 14.6 Å². The van der Waals surface area contributed by atoms with Crippen LogP contribution in [0.3, 0.4) is 0 Å². The fraction of sp³-hybridized carbons (Fsp3) is 0.278. The van der Waals surface area contributed by atoms with Crippen LogP contribution in [-0.2, 0) is 17.9 Å². The summed E-state index contributed by atoms with van der Waals surface area (Å²) in [7, 11) is 0. The Kier molecular flexibility index (Phi) is 9.43. The lowest BCUT2D eigenvalue weighted by Gasteiger charge is -2.17. The number of nitrogens with zero attached hydrogens (tertiary/aromatic N) is 4. The number of rotatable bonds is 9. The van der Waals surface area contributed by atoms with Crippen LogP contribution in [0.15, 0.2) is 77.9 Å². The second-order valence-corrected chi connectivity index (χ2v) is 12.8. The van der Waals surface area contributed by atoms with E-state index in [9.17, 15) is 14.7 Å². The van der Waals surface area contributed by atoms with Gasteiger partial charge in [-0.1, -0.05) is 65.7 Å². The molecule has 2 aliphatic heterocycles. The van der Waals surface area contributed by atoms with Crippen LogP contribution in [-0.4, -0.2) is 69.2 Å². The maximum absolute atomic E-state index is 13.2. The van der Waals surface area contributed by atoms with Gasteiger partial charge >= 0.3 is 0 Å². The lowest BCUT2D eigenvalue weighted by molar-refractivity contribution is -0.119. The molecule has 1 amide bonds. The maximum Gasteiger partial charge on any atom is 0.262 e. The van der Waals surface area contributed by atoms with Crippen LogP contribution in [0.2, 0.25) is 10.0 Å². The molecule has 10 nitrogen and oxygen atoms in total. The van der Waals surface area contributed by atoms with Gasteiger partial charge in [0.2, 0.25) is 11.8 Å². The lowest BCUT2D eigenvalue weighted by Crippen LogP contribution is -2.36. The zero-order valence-corrected chi connectivity index (χ0v) is 27.6. The van der Waals surface area contributed by atoms with E-state index in [2.05, 4.69) is 20.5 Å². The fourth-order valence-electron chi connectivity index (χ4n) is 6.30. The number of hydrogen-bond acceptors (Lipinski definition) is 8. The number of aliphatic hydroxyl groups excluding tert-OH is 1. The van der Waals surface area contributed by atoms with Crippen LogP contribution in [0, 0.1) is 0 Å². The molecular weight excluding hydrogens is 651 g/mol. The van der Waals surface area contributed by atoms with Crippen molar-refractivity contribution in [2.75, 3.05) is 32.8 Å². The summed E-state index contributed by atoms with van der Waals surface area (Å²) in [6.07, 6.45) is 4.64. The molecule has 0 saturated carbocycles. The third-order valence-electron chi connectivity index (χ3n) is 8.84. The van der Waals surface area contributed by atoms with Gasteiger partial charge in [0.25, 0.3) is 5.56 Å². The Morgan fingerprint density at radius 1 is 1.00 bits per heavy atom. The van der Waals surface area contributed by atoms with Crippen molar-refractivity contribution in [2.24, 2.45) is 0 Å². The Morgan fingerprint density at radius 2 is 1.77 bits per heavy atom. The van der Waals surface area contributed by atoms with E-state index in [0.717, 1.165) is 39.8 Å². The molecule has 0 radical (unpaired) electrons. The molecule has 1 saturated heterocycles. The number of fused-ring (bicyclic) bond motifs is 2. The van der Waals surface area contributed by atoms with Crippen molar-refractivity contribution >= 4 is 34.8 Å². The van der Waals surface area contributed by atoms with Crippen LogP contribution in [0.25, 0.3) is 39.2 Å². The summed E-state index contributed by atoms with van der Waals surface area (Å²) in [5.74, 6) is 0.634. The third kappa shape index (κ3) is 6.54. The van der Waals surface area contributed by atoms with E-state index in [1.165, 1.54) is 4.40 Å². The number of ether oxygens (including phenoxy) is 1. The topological polar surface area (TPSA) is 121 Å². The van der Waals surface area contributed by atoms with Crippen molar-refractivity contribution in [1.29, 1.82) is 0 Å².